The topological polar surface area (TPSA) is 43.8 Å². The van der Waals surface area contributed by atoms with Gasteiger partial charge in [0.05, 0.1) is 31.2 Å². The number of anilines is 1. The van der Waals surface area contributed by atoms with Crippen molar-refractivity contribution in [3.05, 3.63) is 50.7 Å². The van der Waals surface area contributed by atoms with Gasteiger partial charge in [-0.25, -0.2) is 9.37 Å². The molecule has 0 radical (unpaired) electrons. The maximum Gasteiger partial charge on any atom is 0.205 e. The van der Waals surface area contributed by atoms with Gasteiger partial charge in [0.15, 0.2) is 0 Å². The summed E-state index contributed by atoms with van der Waals surface area (Å²) >= 11 is 15.1. The van der Waals surface area contributed by atoms with E-state index in [-0.39, 0.29) is 5.95 Å². The number of nitrogens with zero attached hydrogens (tertiary/aromatic N) is 2. The summed E-state index contributed by atoms with van der Waals surface area (Å²) in [4.78, 5) is 4.15. The Morgan fingerprint density at radius 1 is 1.15 bits per heavy atom. The standard InChI is InChI=1S/C13H7BrCl2FN3/c14-7-4-12-11(5-10(7)17)19-13(18)20(12)6-1-2-8(15)9(16)3-6/h1-5H,(H2,18,19). The Morgan fingerprint density at radius 2 is 1.90 bits per heavy atom. The largest absolute Gasteiger partial charge is 0.369 e. The van der Waals surface area contributed by atoms with Gasteiger partial charge < -0.3 is 5.73 Å². The molecule has 0 aliphatic heterocycles. The van der Waals surface area contributed by atoms with Crippen molar-refractivity contribution in [2.75, 3.05) is 5.73 Å². The van der Waals surface area contributed by atoms with Crippen LogP contribution in [0.5, 0.6) is 0 Å². The number of nitrogens with two attached hydrogens (primary N) is 1. The molecule has 102 valence electrons. The van der Waals surface area contributed by atoms with Crippen molar-refractivity contribution in [3.63, 3.8) is 0 Å². The maximum absolute atomic E-state index is 13.5. The van der Waals surface area contributed by atoms with E-state index < -0.39 is 5.82 Å². The molecule has 0 fully saturated rings. The van der Waals surface area contributed by atoms with Gasteiger partial charge in [0.1, 0.15) is 5.82 Å². The zero-order valence-corrected chi connectivity index (χ0v) is 13.0. The Labute approximate surface area is 132 Å². The summed E-state index contributed by atoms with van der Waals surface area (Å²) in [6, 6.07) is 8.06. The third-order valence-electron chi connectivity index (χ3n) is 2.88. The summed E-state index contributed by atoms with van der Waals surface area (Å²) in [7, 11) is 0. The quantitative estimate of drug-likeness (QED) is 0.663. The van der Waals surface area contributed by atoms with Crippen LogP contribution in [0.15, 0.2) is 34.8 Å². The second-order valence-electron chi connectivity index (χ2n) is 4.16. The summed E-state index contributed by atoms with van der Waals surface area (Å²) in [5, 5.41) is 0.859. The summed E-state index contributed by atoms with van der Waals surface area (Å²) in [5.41, 5.74) is 7.76. The molecule has 3 rings (SSSR count). The third-order valence-corrected chi connectivity index (χ3v) is 4.23. The number of halogens is 4. The van der Waals surface area contributed by atoms with Crippen molar-refractivity contribution in [1.82, 2.24) is 9.55 Å². The lowest BCUT2D eigenvalue weighted by Crippen LogP contribution is -2.00. The smallest absolute Gasteiger partial charge is 0.205 e. The third kappa shape index (κ3) is 2.16. The molecule has 0 saturated carbocycles. The van der Waals surface area contributed by atoms with Crippen LogP contribution in [-0.4, -0.2) is 9.55 Å². The highest BCUT2D eigenvalue weighted by Gasteiger charge is 2.13. The molecule has 0 bridgehead atoms. The predicted molar refractivity (Wildman–Crippen MR) is 83.2 cm³/mol. The van der Waals surface area contributed by atoms with Crippen molar-refractivity contribution in [2.24, 2.45) is 0 Å². The Hall–Kier alpha value is -1.30. The molecule has 0 unspecified atom stereocenters. The average molecular weight is 375 g/mol. The molecule has 3 nitrogen and oxygen atoms in total. The minimum Gasteiger partial charge on any atom is -0.369 e. The van der Waals surface area contributed by atoms with Crippen LogP contribution in [0, 0.1) is 5.82 Å². The van der Waals surface area contributed by atoms with Gasteiger partial charge in [-0.2, -0.15) is 0 Å². The van der Waals surface area contributed by atoms with Gasteiger partial charge in [0.25, 0.3) is 0 Å². The van der Waals surface area contributed by atoms with Crippen LogP contribution in [0.25, 0.3) is 16.7 Å². The molecule has 0 amide bonds. The minimum absolute atomic E-state index is 0.246. The fourth-order valence-electron chi connectivity index (χ4n) is 1.99. The van der Waals surface area contributed by atoms with Gasteiger partial charge in [-0.1, -0.05) is 23.2 Å². The van der Waals surface area contributed by atoms with Crippen molar-refractivity contribution >= 4 is 56.1 Å². The van der Waals surface area contributed by atoms with E-state index in [1.807, 2.05) is 0 Å². The van der Waals surface area contributed by atoms with Gasteiger partial charge in [-0.15, -0.1) is 0 Å². The Bertz CT molecular complexity index is 832. The first-order valence-electron chi connectivity index (χ1n) is 5.56. The summed E-state index contributed by atoms with van der Waals surface area (Å²) in [6.45, 7) is 0. The van der Waals surface area contributed by atoms with E-state index in [9.17, 15) is 4.39 Å². The van der Waals surface area contributed by atoms with Crippen LogP contribution < -0.4 is 5.73 Å². The molecule has 2 N–H and O–H groups in total. The van der Waals surface area contributed by atoms with E-state index in [2.05, 4.69) is 20.9 Å². The van der Waals surface area contributed by atoms with Gasteiger partial charge in [0, 0.05) is 6.07 Å². The SMILES string of the molecule is Nc1nc2cc(F)c(Br)cc2n1-c1ccc(Cl)c(Cl)c1. The second-order valence-corrected chi connectivity index (χ2v) is 5.83. The molecule has 0 saturated heterocycles. The van der Waals surface area contributed by atoms with Crippen molar-refractivity contribution in [3.8, 4) is 5.69 Å². The normalized spacial score (nSPS) is 11.2. The fraction of sp³-hybridized carbons (Fsp3) is 0. The molecule has 3 aromatic rings. The summed E-state index contributed by atoms with van der Waals surface area (Å²) < 4.78 is 15.6. The van der Waals surface area contributed by atoms with Crippen LogP contribution in [0.4, 0.5) is 10.3 Å². The van der Waals surface area contributed by atoms with Gasteiger partial charge in [-0.3, -0.25) is 4.57 Å². The number of rotatable bonds is 1. The van der Waals surface area contributed by atoms with Gasteiger partial charge in [-0.05, 0) is 40.2 Å². The first-order valence-corrected chi connectivity index (χ1v) is 7.10. The highest BCUT2D eigenvalue weighted by atomic mass is 79.9. The molecule has 1 heterocycles. The van der Waals surface area contributed by atoms with E-state index in [1.165, 1.54) is 6.07 Å². The number of aromatic nitrogens is 2. The molecule has 1 aromatic heterocycles. The van der Waals surface area contributed by atoms with E-state index in [0.29, 0.717) is 31.2 Å². The molecule has 7 heteroatoms. The Balaban J connectivity index is 2.32. The Morgan fingerprint density at radius 3 is 2.60 bits per heavy atom. The van der Waals surface area contributed by atoms with Crippen LogP contribution >= 0.6 is 39.1 Å². The lowest BCUT2D eigenvalue weighted by molar-refractivity contribution is 0.623. The molecule has 0 aliphatic carbocycles. The van der Waals surface area contributed by atoms with Crippen molar-refractivity contribution < 1.29 is 4.39 Å². The van der Waals surface area contributed by atoms with Crippen LogP contribution in [0.1, 0.15) is 0 Å². The summed E-state index contributed by atoms with van der Waals surface area (Å²) in [6.07, 6.45) is 0. The molecule has 20 heavy (non-hydrogen) atoms. The number of hydrogen-bond donors (Lipinski definition) is 1. The number of hydrogen-bond acceptors (Lipinski definition) is 2. The van der Waals surface area contributed by atoms with Crippen LogP contribution in [0.3, 0.4) is 0 Å². The zero-order valence-electron chi connectivity index (χ0n) is 9.87. The lowest BCUT2D eigenvalue weighted by Gasteiger charge is -2.08. The second kappa shape index (κ2) is 4.91. The minimum atomic E-state index is -0.392. The van der Waals surface area contributed by atoms with Crippen molar-refractivity contribution in [1.29, 1.82) is 0 Å². The predicted octanol–water partition coefficient (Wildman–Crippen LogP) is 4.82. The van der Waals surface area contributed by atoms with E-state index in [4.69, 9.17) is 28.9 Å². The first kappa shape index (κ1) is 13.7. The number of nitrogen functional groups attached to an aromatic ring is 1. The molecule has 0 spiro atoms. The molecule has 2 aromatic carbocycles. The van der Waals surface area contributed by atoms with Crippen LogP contribution in [-0.2, 0) is 0 Å². The number of fused-ring (bicyclic) bond motifs is 1. The molecular formula is C13H7BrCl2FN3. The highest BCUT2D eigenvalue weighted by Crippen LogP contribution is 2.30. The first-order chi connectivity index (χ1) is 9.47. The highest BCUT2D eigenvalue weighted by molar-refractivity contribution is 9.10. The van der Waals surface area contributed by atoms with Gasteiger partial charge >= 0.3 is 0 Å². The lowest BCUT2D eigenvalue weighted by atomic mass is 10.2. The fourth-order valence-corrected chi connectivity index (χ4v) is 2.61. The summed E-state index contributed by atoms with van der Waals surface area (Å²) in [5.74, 6) is -0.146. The number of benzene rings is 2. The average Bonchev–Trinajstić information content (AvgIpc) is 2.69. The Kier molecular flexibility index (Phi) is 3.36. The number of imidazole rings is 1. The molecular weight excluding hydrogens is 368 g/mol. The maximum atomic E-state index is 13.5. The monoisotopic (exact) mass is 373 g/mol. The van der Waals surface area contributed by atoms with E-state index >= 15 is 0 Å². The van der Waals surface area contributed by atoms with E-state index in [1.54, 1.807) is 28.8 Å². The van der Waals surface area contributed by atoms with Gasteiger partial charge in [0.2, 0.25) is 5.95 Å². The molecule has 0 aliphatic rings. The zero-order chi connectivity index (χ0) is 14.4. The molecule has 0 atom stereocenters. The van der Waals surface area contributed by atoms with E-state index in [0.717, 1.165) is 0 Å². The van der Waals surface area contributed by atoms with Crippen molar-refractivity contribution in [2.45, 2.75) is 0 Å². The van der Waals surface area contributed by atoms with Crippen LogP contribution in [0.2, 0.25) is 10.0 Å².